The van der Waals surface area contributed by atoms with Gasteiger partial charge in [-0.3, -0.25) is 9.78 Å². The standard InChI is InChI=1S/C21H19FN2O/c1-24-19-7-3-6-17(19)20(21(24)25)18-11-10-15(13-23-18)9-8-14-4-2-5-16(22)12-14/h2,4-5,10-13,17,19-20H,3,6-7H2,1H3/t17?,19?,20-/m1/s1. The first-order valence-corrected chi connectivity index (χ1v) is 8.64. The Morgan fingerprint density at radius 3 is 2.76 bits per heavy atom. The summed E-state index contributed by atoms with van der Waals surface area (Å²) in [6.45, 7) is 0. The molecule has 1 saturated carbocycles. The van der Waals surface area contributed by atoms with Crippen LogP contribution in [-0.4, -0.2) is 28.9 Å². The van der Waals surface area contributed by atoms with Crippen LogP contribution in [0.25, 0.3) is 0 Å². The number of likely N-dealkylation sites (N-methyl/N-ethyl adjacent to an activating group) is 1. The highest BCUT2D eigenvalue weighted by Gasteiger charge is 2.49. The molecule has 2 unspecified atom stereocenters. The summed E-state index contributed by atoms with van der Waals surface area (Å²) >= 11 is 0. The van der Waals surface area contributed by atoms with Gasteiger partial charge in [0.15, 0.2) is 0 Å². The molecule has 1 aliphatic carbocycles. The first-order valence-electron chi connectivity index (χ1n) is 8.64. The highest BCUT2D eigenvalue weighted by molar-refractivity contribution is 5.86. The van der Waals surface area contributed by atoms with Gasteiger partial charge in [-0.25, -0.2) is 4.39 Å². The molecule has 0 spiro atoms. The van der Waals surface area contributed by atoms with Crippen LogP contribution in [0.4, 0.5) is 4.39 Å². The van der Waals surface area contributed by atoms with E-state index in [1.54, 1.807) is 18.3 Å². The second kappa shape index (κ2) is 6.33. The lowest BCUT2D eigenvalue weighted by Gasteiger charge is -2.17. The van der Waals surface area contributed by atoms with E-state index in [0.29, 0.717) is 17.5 Å². The molecule has 0 radical (unpaired) electrons. The van der Waals surface area contributed by atoms with E-state index in [9.17, 15) is 9.18 Å². The van der Waals surface area contributed by atoms with Crippen LogP contribution in [0.15, 0.2) is 42.6 Å². The van der Waals surface area contributed by atoms with Crippen LogP contribution in [0.2, 0.25) is 0 Å². The summed E-state index contributed by atoms with van der Waals surface area (Å²) < 4.78 is 13.2. The molecular formula is C21H19FN2O. The second-order valence-corrected chi connectivity index (χ2v) is 6.82. The number of hydrogen-bond donors (Lipinski definition) is 0. The zero-order chi connectivity index (χ0) is 17.4. The third-order valence-electron chi connectivity index (χ3n) is 5.35. The largest absolute Gasteiger partial charge is 0.342 e. The summed E-state index contributed by atoms with van der Waals surface area (Å²) in [7, 11) is 1.91. The van der Waals surface area contributed by atoms with Crippen molar-refractivity contribution in [2.24, 2.45) is 5.92 Å². The Hall–Kier alpha value is -2.67. The third-order valence-corrected chi connectivity index (χ3v) is 5.35. The van der Waals surface area contributed by atoms with Crippen molar-refractivity contribution in [1.29, 1.82) is 0 Å². The van der Waals surface area contributed by atoms with Crippen molar-refractivity contribution in [3.63, 3.8) is 0 Å². The molecule has 2 aliphatic rings. The Balaban J connectivity index is 1.56. The molecular weight excluding hydrogens is 315 g/mol. The average Bonchev–Trinajstić information content (AvgIpc) is 3.17. The average molecular weight is 334 g/mol. The van der Waals surface area contributed by atoms with Crippen molar-refractivity contribution in [1.82, 2.24) is 9.88 Å². The molecule has 2 heterocycles. The number of hydrogen-bond acceptors (Lipinski definition) is 2. The van der Waals surface area contributed by atoms with Gasteiger partial charge in [0.2, 0.25) is 5.91 Å². The second-order valence-electron chi connectivity index (χ2n) is 6.82. The monoisotopic (exact) mass is 334 g/mol. The van der Waals surface area contributed by atoms with E-state index >= 15 is 0 Å². The molecule has 3 nitrogen and oxygen atoms in total. The smallest absolute Gasteiger partial charge is 0.232 e. The van der Waals surface area contributed by atoms with Crippen molar-refractivity contribution < 1.29 is 9.18 Å². The maximum atomic E-state index is 13.2. The third kappa shape index (κ3) is 2.91. The van der Waals surface area contributed by atoms with E-state index in [4.69, 9.17) is 0 Å². The molecule has 1 aliphatic heterocycles. The van der Waals surface area contributed by atoms with E-state index in [2.05, 4.69) is 16.8 Å². The Kier molecular flexibility index (Phi) is 4.01. The summed E-state index contributed by atoms with van der Waals surface area (Å²) in [6, 6.07) is 10.4. The predicted octanol–water partition coefficient (Wildman–Crippen LogP) is 3.34. The van der Waals surface area contributed by atoms with Crippen molar-refractivity contribution in [2.75, 3.05) is 7.05 Å². The SMILES string of the molecule is CN1C(=O)[C@@H](c2ccc(C#Cc3cccc(F)c3)cn2)C2CCCC21. The van der Waals surface area contributed by atoms with Crippen molar-refractivity contribution in [2.45, 2.75) is 31.2 Å². The summed E-state index contributed by atoms with van der Waals surface area (Å²) in [5, 5.41) is 0. The van der Waals surface area contributed by atoms with Gasteiger partial charge in [-0.05, 0) is 49.1 Å². The molecule has 25 heavy (non-hydrogen) atoms. The number of carbonyl (C=O) groups is 1. The Morgan fingerprint density at radius 1 is 1.16 bits per heavy atom. The highest BCUT2D eigenvalue weighted by atomic mass is 19.1. The molecule has 2 aromatic rings. The lowest BCUT2D eigenvalue weighted by atomic mass is 9.89. The lowest BCUT2D eigenvalue weighted by molar-refractivity contribution is -0.129. The molecule has 0 bridgehead atoms. The summed E-state index contributed by atoms with van der Waals surface area (Å²) in [5.74, 6) is 6.08. The maximum absolute atomic E-state index is 13.2. The van der Waals surface area contributed by atoms with Crippen LogP contribution >= 0.6 is 0 Å². The Bertz CT molecular complexity index is 865. The van der Waals surface area contributed by atoms with Crippen LogP contribution in [0.1, 0.15) is 42.0 Å². The first kappa shape index (κ1) is 15.8. The Labute approximate surface area is 146 Å². The number of pyridine rings is 1. The quantitative estimate of drug-likeness (QED) is 0.750. The minimum Gasteiger partial charge on any atom is -0.342 e. The normalized spacial score (nSPS) is 24.8. The molecule has 1 aromatic carbocycles. The Morgan fingerprint density at radius 2 is 2.00 bits per heavy atom. The molecule has 1 aromatic heterocycles. The number of halogens is 1. The number of carbonyl (C=O) groups excluding carboxylic acids is 1. The van der Waals surface area contributed by atoms with Gasteiger partial charge in [0, 0.05) is 30.4 Å². The van der Waals surface area contributed by atoms with Gasteiger partial charge in [0.1, 0.15) is 5.82 Å². The summed E-state index contributed by atoms with van der Waals surface area (Å²) in [6.07, 6.45) is 5.08. The van der Waals surface area contributed by atoms with Gasteiger partial charge in [-0.15, -0.1) is 0 Å². The summed E-state index contributed by atoms with van der Waals surface area (Å²) in [4.78, 5) is 19.0. The number of amides is 1. The zero-order valence-corrected chi connectivity index (χ0v) is 14.1. The molecule has 3 atom stereocenters. The van der Waals surface area contributed by atoms with Gasteiger partial charge in [-0.2, -0.15) is 0 Å². The number of nitrogens with zero attached hydrogens (tertiary/aromatic N) is 2. The van der Waals surface area contributed by atoms with Gasteiger partial charge >= 0.3 is 0 Å². The number of rotatable bonds is 1. The van der Waals surface area contributed by atoms with Crippen molar-refractivity contribution in [3.05, 3.63) is 65.2 Å². The van der Waals surface area contributed by atoms with Gasteiger partial charge < -0.3 is 4.90 Å². The van der Waals surface area contributed by atoms with Gasteiger partial charge in [0.25, 0.3) is 0 Å². The fourth-order valence-corrected chi connectivity index (χ4v) is 4.12. The number of aromatic nitrogens is 1. The minimum atomic E-state index is -0.296. The zero-order valence-electron chi connectivity index (χ0n) is 14.1. The molecule has 1 amide bonds. The maximum Gasteiger partial charge on any atom is 0.232 e. The molecule has 4 rings (SSSR count). The molecule has 1 saturated heterocycles. The first-order chi connectivity index (χ1) is 12.1. The molecule has 2 fully saturated rings. The van der Waals surface area contributed by atoms with E-state index in [-0.39, 0.29) is 17.6 Å². The van der Waals surface area contributed by atoms with E-state index in [1.165, 1.54) is 18.6 Å². The minimum absolute atomic E-state index is 0.122. The fourth-order valence-electron chi connectivity index (χ4n) is 4.12. The van der Waals surface area contributed by atoms with E-state index in [1.807, 2.05) is 24.1 Å². The van der Waals surface area contributed by atoms with Crippen molar-refractivity contribution >= 4 is 5.91 Å². The predicted molar refractivity (Wildman–Crippen MR) is 93.3 cm³/mol. The van der Waals surface area contributed by atoms with Crippen molar-refractivity contribution in [3.8, 4) is 11.8 Å². The fraction of sp³-hybridized carbons (Fsp3) is 0.333. The molecule has 4 heteroatoms. The van der Waals surface area contributed by atoms with Gasteiger partial charge in [0.05, 0.1) is 11.6 Å². The van der Waals surface area contributed by atoms with Gasteiger partial charge in [-0.1, -0.05) is 24.3 Å². The van der Waals surface area contributed by atoms with Crippen LogP contribution in [0.3, 0.4) is 0 Å². The van der Waals surface area contributed by atoms with Crippen LogP contribution < -0.4 is 0 Å². The van der Waals surface area contributed by atoms with Crippen LogP contribution in [0.5, 0.6) is 0 Å². The summed E-state index contributed by atoms with van der Waals surface area (Å²) in [5.41, 5.74) is 2.22. The lowest BCUT2D eigenvalue weighted by Crippen LogP contribution is -2.29. The molecule has 0 N–H and O–H groups in total. The highest BCUT2D eigenvalue weighted by Crippen LogP contribution is 2.45. The van der Waals surface area contributed by atoms with Crippen LogP contribution in [-0.2, 0) is 4.79 Å². The number of benzene rings is 1. The number of likely N-dealkylation sites (tertiary alicyclic amines) is 1. The number of fused-ring (bicyclic) bond motifs is 1. The van der Waals surface area contributed by atoms with E-state index in [0.717, 1.165) is 24.1 Å². The molecule has 126 valence electrons. The topological polar surface area (TPSA) is 33.2 Å². The van der Waals surface area contributed by atoms with Crippen LogP contribution in [0, 0.1) is 23.6 Å². The van der Waals surface area contributed by atoms with E-state index < -0.39 is 0 Å².